The second-order valence-corrected chi connectivity index (χ2v) is 7.74. The van der Waals surface area contributed by atoms with Gasteiger partial charge < -0.3 is 10.1 Å². The van der Waals surface area contributed by atoms with Crippen molar-refractivity contribution in [1.29, 1.82) is 0 Å². The summed E-state index contributed by atoms with van der Waals surface area (Å²) in [5.41, 5.74) is 0.769. The number of benzene rings is 3. The van der Waals surface area contributed by atoms with Crippen LogP contribution in [0.1, 0.15) is 5.82 Å². The minimum atomic E-state index is -0.0988. The van der Waals surface area contributed by atoms with Crippen molar-refractivity contribution < 1.29 is 9.53 Å². The van der Waals surface area contributed by atoms with E-state index < -0.39 is 0 Å². The number of para-hydroxylation sites is 1. The Morgan fingerprint density at radius 2 is 1.81 bits per heavy atom. The molecule has 0 aliphatic carbocycles. The summed E-state index contributed by atoms with van der Waals surface area (Å²) < 4.78 is 7.87. The van der Waals surface area contributed by atoms with Crippen molar-refractivity contribution in [2.24, 2.45) is 0 Å². The first kappa shape index (κ1) is 20.7. The highest BCUT2D eigenvalue weighted by molar-refractivity contribution is 7.99. The molecule has 4 rings (SSSR count). The molecule has 1 N–H and O–H groups in total. The van der Waals surface area contributed by atoms with Gasteiger partial charge in [0.1, 0.15) is 12.4 Å². The fourth-order valence-corrected chi connectivity index (χ4v) is 3.87. The van der Waals surface area contributed by atoms with E-state index in [2.05, 4.69) is 34.2 Å². The zero-order valence-corrected chi connectivity index (χ0v) is 17.7. The molecule has 0 saturated heterocycles. The smallest absolute Gasteiger partial charge is 0.234 e. The largest absolute Gasteiger partial charge is 0.486 e. The number of ether oxygens (including phenoxy) is 1. The average molecular weight is 431 g/mol. The lowest BCUT2D eigenvalue weighted by Gasteiger charge is -2.10. The Labute approximate surface area is 185 Å². The van der Waals surface area contributed by atoms with Crippen molar-refractivity contribution in [1.82, 2.24) is 14.8 Å². The highest BCUT2D eigenvalue weighted by Crippen LogP contribution is 2.22. The van der Waals surface area contributed by atoms with Gasteiger partial charge in [0, 0.05) is 12.2 Å². The number of aromatic nitrogens is 3. The first-order valence-electron chi connectivity index (χ1n) is 9.85. The van der Waals surface area contributed by atoms with Crippen molar-refractivity contribution in [2.75, 3.05) is 11.1 Å². The van der Waals surface area contributed by atoms with Gasteiger partial charge >= 0.3 is 0 Å². The van der Waals surface area contributed by atoms with Crippen LogP contribution in [0, 0.1) is 0 Å². The van der Waals surface area contributed by atoms with Crippen LogP contribution in [0.3, 0.4) is 0 Å². The third kappa shape index (κ3) is 5.32. The van der Waals surface area contributed by atoms with E-state index in [1.165, 1.54) is 11.8 Å². The van der Waals surface area contributed by atoms with Gasteiger partial charge in [0.05, 0.1) is 5.75 Å². The molecule has 0 atom stereocenters. The summed E-state index contributed by atoms with van der Waals surface area (Å²) in [4.78, 5) is 12.2. The maximum Gasteiger partial charge on any atom is 0.234 e. The first-order valence-corrected chi connectivity index (χ1v) is 10.8. The standard InChI is InChI=1S/C24H22N4O2S/c1-2-14-28-22(16-30-21-13-12-18-8-6-7-9-19(18)15-21)26-27-24(28)31-17-23(29)25-20-10-4-3-5-11-20/h2-13,15H,1,14,16-17H2,(H,25,29). The van der Waals surface area contributed by atoms with E-state index in [-0.39, 0.29) is 18.3 Å². The Morgan fingerprint density at radius 3 is 2.61 bits per heavy atom. The van der Waals surface area contributed by atoms with Crippen LogP contribution in [0.2, 0.25) is 0 Å². The monoisotopic (exact) mass is 430 g/mol. The molecule has 6 nitrogen and oxygen atoms in total. The van der Waals surface area contributed by atoms with Crippen LogP contribution in [-0.4, -0.2) is 26.4 Å². The quantitative estimate of drug-likeness (QED) is 0.301. The lowest BCUT2D eigenvalue weighted by Crippen LogP contribution is -2.14. The fraction of sp³-hybridized carbons (Fsp3) is 0.125. The van der Waals surface area contributed by atoms with Gasteiger partial charge in [-0.2, -0.15) is 0 Å². The van der Waals surface area contributed by atoms with E-state index in [0.717, 1.165) is 22.2 Å². The zero-order valence-electron chi connectivity index (χ0n) is 16.9. The van der Waals surface area contributed by atoms with Crippen molar-refractivity contribution >= 4 is 34.1 Å². The summed E-state index contributed by atoms with van der Waals surface area (Å²) >= 11 is 1.33. The molecule has 1 heterocycles. The molecule has 1 amide bonds. The molecule has 4 aromatic rings. The Hall–Kier alpha value is -3.58. The third-order valence-corrected chi connectivity index (χ3v) is 5.55. The predicted molar refractivity (Wildman–Crippen MR) is 124 cm³/mol. The lowest BCUT2D eigenvalue weighted by atomic mass is 10.1. The van der Waals surface area contributed by atoms with Crippen LogP contribution in [0.25, 0.3) is 10.8 Å². The number of amides is 1. The number of hydrogen-bond donors (Lipinski definition) is 1. The topological polar surface area (TPSA) is 69.0 Å². The molecule has 0 unspecified atom stereocenters. The maximum atomic E-state index is 12.2. The molecule has 0 saturated carbocycles. The minimum Gasteiger partial charge on any atom is -0.486 e. The van der Waals surface area contributed by atoms with Crippen molar-refractivity contribution in [2.45, 2.75) is 18.3 Å². The number of rotatable bonds is 9. The molecular weight excluding hydrogens is 408 g/mol. The molecule has 0 fully saturated rings. The minimum absolute atomic E-state index is 0.0988. The second kappa shape index (κ2) is 9.95. The number of allylic oxidation sites excluding steroid dienone is 1. The second-order valence-electron chi connectivity index (χ2n) is 6.80. The molecule has 0 spiro atoms. The molecule has 1 aromatic heterocycles. The number of carbonyl (C=O) groups is 1. The lowest BCUT2D eigenvalue weighted by molar-refractivity contribution is -0.113. The number of hydrogen-bond acceptors (Lipinski definition) is 5. The fourth-order valence-electron chi connectivity index (χ4n) is 3.10. The molecule has 0 aliphatic rings. The van der Waals surface area contributed by atoms with E-state index in [9.17, 15) is 4.79 Å². The van der Waals surface area contributed by atoms with Crippen LogP contribution in [0.4, 0.5) is 5.69 Å². The maximum absolute atomic E-state index is 12.2. The number of nitrogens with one attached hydrogen (secondary N) is 1. The summed E-state index contributed by atoms with van der Waals surface area (Å²) in [6.45, 7) is 4.62. The number of nitrogens with zero attached hydrogens (tertiary/aromatic N) is 3. The Balaban J connectivity index is 1.40. The van der Waals surface area contributed by atoms with Gasteiger partial charge in [0.15, 0.2) is 11.0 Å². The highest BCUT2D eigenvalue weighted by Gasteiger charge is 2.14. The summed E-state index contributed by atoms with van der Waals surface area (Å²) in [6.07, 6.45) is 1.77. The van der Waals surface area contributed by atoms with Crippen LogP contribution < -0.4 is 10.1 Å². The molecular formula is C24H22N4O2S. The third-order valence-electron chi connectivity index (χ3n) is 4.58. The Morgan fingerprint density at radius 1 is 1.03 bits per heavy atom. The average Bonchev–Trinajstić information content (AvgIpc) is 3.18. The van der Waals surface area contributed by atoms with Gasteiger partial charge in [-0.1, -0.05) is 66.4 Å². The normalized spacial score (nSPS) is 10.7. The molecule has 0 radical (unpaired) electrons. The molecule has 0 bridgehead atoms. The van der Waals surface area contributed by atoms with Crippen LogP contribution in [0.5, 0.6) is 5.75 Å². The van der Waals surface area contributed by atoms with Crippen molar-refractivity contribution in [3.05, 3.63) is 91.3 Å². The van der Waals surface area contributed by atoms with E-state index in [4.69, 9.17) is 4.74 Å². The predicted octanol–water partition coefficient (Wildman–Crippen LogP) is 4.93. The summed E-state index contributed by atoms with van der Waals surface area (Å²) in [6, 6.07) is 23.5. The van der Waals surface area contributed by atoms with E-state index in [1.54, 1.807) is 6.08 Å². The number of fused-ring (bicyclic) bond motifs is 1. The molecule has 7 heteroatoms. The number of carbonyl (C=O) groups excluding carboxylic acids is 1. The van der Waals surface area contributed by atoms with Gasteiger partial charge in [-0.15, -0.1) is 16.8 Å². The highest BCUT2D eigenvalue weighted by atomic mass is 32.2. The number of anilines is 1. The van der Waals surface area contributed by atoms with Gasteiger partial charge in [-0.3, -0.25) is 9.36 Å². The van der Waals surface area contributed by atoms with Gasteiger partial charge in [0.2, 0.25) is 5.91 Å². The van der Waals surface area contributed by atoms with Crippen LogP contribution in [0.15, 0.2) is 90.6 Å². The van der Waals surface area contributed by atoms with E-state index in [1.807, 2.05) is 65.2 Å². The Kier molecular flexibility index (Phi) is 6.64. The first-order chi connectivity index (χ1) is 15.2. The van der Waals surface area contributed by atoms with Gasteiger partial charge in [-0.05, 0) is 35.0 Å². The van der Waals surface area contributed by atoms with Crippen molar-refractivity contribution in [3.63, 3.8) is 0 Å². The zero-order chi connectivity index (χ0) is 21.5. The molecule has 0 aliphatic heterocycles. The summed E-state index contributed by atoms with van der Waals surface area (Å²) in [5, 5.41) is 14.3. The van der Waals surface area contributed by atoms with Gasteiger partial charge in [0.25, 0.3) is 0 Å². The molecule has 31 heavy (non-hydrogen) atoms. The number of thioether (sulfide) groups is 1. The Bertz CT molecular complexity index is 1190. The van der Waals surface area contributed by atoms with E-state index >= 15 is 0 Å². The van der Waals surface area contributed by atoms with Gasteiger partial charge in [-0.25, -0.2) is 0 Å². The molecule has 156 valence electrons. The van der Waals surface area contributed by atoms with Crippen LogP contribution in [-0.2, 0) is 17.9 Å². The molecule has 3 aromatic carbocycles. The van der Waals surface area contributed by atoms with Crippen LogP contribution >= 0.6 is 11.8 Å². The summed E-state index contributed by atoms with van der Waals surface area (Å²) in [5.74, 6) is 1.58. The van der Waals surface area contributed by atoms with Crippen molar-refractivity contribution in [3.8, 4) is 5.75 Å². The van der Waals surface area contributed by atoms with E-state index in [0.29, 0.717) is 17.5 Å². The SMILES string of the molecule is C=CCn1c(COc2ccc3ccccc3c2)nnc1SCC(=O)Nc1ccccc1. The summed E-state index contributed by atoms with van der Waals surface area (Å²) in [7, 11) is 0.